The number of carbonyl (C=O) groups is 2. The number of ketones is 1. The number of guanidine groups is 1. The van der Waals surface area contributed by atoms with E-state index in [-0.39, 0.29) is 17.6 Å². The molecular formula is C16H22N6O2S. The molecule has 1 aromatic carbocycles. The second-order valence-electron chi connectivity index (χ2n) is 5.65. The molecule has 0 fully saturated rings. The predicted molar refractivity (Wildman–Crippen MR) is 99.4 cm³/mol. The highest BCUT2D eigenvalue weighted by molar-refractivity contribution is 7.20. The van der Waals surface area contributed by atoms with E-state index in [9.17, 15) is 9.59 Å². The maximum atomic E-state index is 12.8. The summed E-state index contributed by atoms with van der Waals surface area (Å²) in [5.74, 6) is -0.630. The highest BCUT2D eigenvalue weighted by Crippen LogP contribution is 2.23. The van der Waals surface area contributed by atoms with E-state index in [1.54, 1.807) is 6.92 Å². The van der Waals surface area contributed by atoms with Crippen LogP contribution in [0, 0.1) is 0 Å². The van der Waals surface area contributed by atoms with E-state index >= 15 is 0 Å². The molecule has 134 valence electrons. The van der Waals surface area contributed by atoms with Crippen LogP contribution < -0.4 is 22.5 Å². The Hall–Kier alpha value is -2.52. The smallest absolute Gasteiger partial charge is 0.237 e. The number of hydrogen-bond donors (Lipinski definition) is 4. The molecule has 0 bridgehead atoms. The zero-order valence-corrected chi connectivity index (χ0v) is 14.8. The molecule has 1 aromatic heterocycles. The average molecular weight is 362 g/mol. The first-order valence-electron chi connectivity index (χ1n) is 7.89. The van der Waals surface area contributed by atoms with Gasteiger partial charge in [-0.1, -0.05) is 12.1 Å². The number of nitrogens with zero attached hydrogens (tertiary/aromatic N) is 2. The van der Waals surface area contributed by atoms with Crippen molar-refractivity contribution in [3.63, 3.8) is 0 Å². The molecule has 25 heavy (non-hydrogen) atoms. The van der Waals surface area contributed by atoms with E-state index in [1.165, 1.54) is 11.3 Å². The quantitative estimate of drug-likeness (QED) is 0.230. The molecule has 0 aliphatic rings. The van der Waals surface area contributed by atoms with Gasteiger partial charge in [-0.25, -0.2) is 4.98 Å². The van der Waals surface area contributed by atoms with Gasteiger partial charge in [0.15, 0.2) is 11.0 Å². The van der Waals surface area contributed by atoms with Gasteiger partial charge in [0.1, 0.15) is 0 Å². The monoisotopic (exact) mass is 362 g/mol. The number of hydrogen-bond acceptors (Lipinski definition) is 6. The molecular weight excluding hydrogens is 340 g/mol. The van der Waals surface area contributed by atoms with Gasteiger partial charge in [-0.2, -0.15) is 0 Å². The van der Waals surface area contributed by atoms with Crippen molar-refractivity contribution in [3.8, 4) is 0 Å². The highest BCUT2D eigenvalue weighted by Gasteiger charge is 2.25. The van der Waals surface area contributed by atoms with E-state index < -0.39 is 12.1 Å². The summed E-state index contributed by atoms with van der Waals surface area (Å²) in [4.78, 5) is 33.0. The molecule has 0 aliphatic heterocycles. The van der Waals surface area contributed by atoms with Gasteiger partial charge in [0.25, 0.3) is 0 Å². The van der Waals surface area contributed by atoms with Crippen LogP contribution >= 0.6 is 11.3 Å². The van der Waals surface area contributed by atoms with Crippen LogP contribution in [0.2, 0.25) is 0 Å². The molecule has 2 aromatic rings. The molecule has 2 atom stereocenters. The lowest BCUT2D eigenvalue weighted by molar-refractivity contribution is -0.122. The molecule has 0 saturated heterocycles. The zero-order valence-electron chi connectivity index (χ0n) is 13.9. The number of carbonyl (C=O) groups excluding carboxylic acids is 2. The number of benzene rings is 1. The first-order valence-corrected chi connectivity index (χ1v) is 8.71. The Kier molecular flexibility index (Phi) is 6.43. The number of para-hydroxylation sites is 1. The third-order valence-corrected chi connectivity index (χ3v) is 4.55. The maximum Gasteiger partial charge on any atom is 0.237 e. The molecule has 0 aliphatic carbocycles. The number of thiazole rings is 1. The SMILES string of the molecule is C[C@H](N)C(=O)N[C@@H](CCCN=C(N)N)C(=O)c1nc2ccccc2s1. The normalized spacial score (nSPS) is 13.2. The van der Waals surface area contributed by atoms with Crippen molar-refractivity contribution in [2.75, 3.05) is 6.54 Å². The predicted octanol–water partition coefficient (Wildman–Crippen LogP) is 0.365. The van der Waals surface area contributed by atoms with E-state index in [1.807, 2.05) is 24.3 Å². The number of Topliss-reactive ketones (excluding diaryl/α,β-unsaturated/α-hetero) is 1. The number of aromatic nitrogens is 1. The second-order valence-corrected chi connectivity index (χ2v) is 6.68. The lowest BCUT2D eigenvalue weighted by Gasteiger charge is -2.17. The number of nitrogens with two attached hydrogens (primary N) is 3. The van der Waals surface area contributed by atoms with Gasteiger partial charge in [-0.15, -0.1) is 11.3 Å². The third-order valence-electron chi connectivity index (χ3n) is 3.50. The minimum atomic E-state index is -0.715. The molecule has 7 N–H and O–H groups in total. The summed E-state index contributed by atoms with van der Waals surface area (Å²) < 4.78 is 0.920. The standard InChI is InChI=1S/C16H22N6O2S/c1-9(17)14(24)21-11(6-4-8-20-16(18)19)13(23)15-22-10-5-2-3-7-12(10)25-15/h2-3,5,7,9,11H,4,6,8,17H2,1H3,(H,21,24)(H4,18,19,20)/t9-,11-/m0/s1. The lowest BCUT2D eigenvalue weighted by atomic mass is 10.1. The number of fused-ring (bicyclic) bond motifs is 1. The van der Waals surface area contributed by atoms with Crippen molar-refractivity contribution >= 4 is 39.2 Å². The number of aliphatic imine (C=N–C) groups is 1. The topological polar surface area (TPSA) is 149 Å². The number of amides is 1. The first kappa shape index (κ1) is 18.8. The second kappa shape index (κ2) is 8.54. The van der Waals surface area contributed by atoms with Crippen LogP contribution in [0.3, 0.4) is 0 Å². The van der Waals surface area contributed by atoms with E-state index in [2.05, 4.69) is 15.3 Å². The minimum absolute atomic E-state index is 0.00587. The van der Waals surface area contributed by atoms with Crippen LogP contribution in [0.1, 0.15) is 29.6 Å². The molecule has 0 unspecified atom stereocenters. The molecule has 0 radical (unpaired) electrons. The molecule has 8 nitrogen and oxygen atoms in total. The Morgan fingerprint density at radius 1 is 1.32 bits per heavy atom. The highest BCUT2D eigenvalue weighted by atomic mass is 32.1. The number of rotatable bonds is 8. The lowest BCUT2D eigenvalue weighted by Crippen LogP contribution is -2.47. The molecule has 0 saturated carbocycles. The van der Waals surface area contributed by atoms with Crippen LogP contribution in [0.5, 0.6) is 0 Å². The number of nitrogens with one attached hydrogen (secondary N) is 1. The van der Waals surface area contributed by atoms with Crippen LogP contribution in [-0.2, 0) is 4.79 Å². The molecule has 1 amide bonds. The van der Waals surface area contributed by atoms with Gasteiger partial charge in [0, 0.05) is 6.54 Å². The van der Waals surface area contributed by atoms with Crippen molar-refractivity contribution in [3.05, 3.63) is 29.3 Å². The van der Waals surface area contributed by atoms with Gasteiger partial charge in [-0.05, 0) is 31.9 Å². The van der Waals surface area contributed by atoms with Crippen molar-refractivity contribution < 1.29 is 9.59 Å². The Labute approximate surface area is 149 Å². The van der Waals surface area contributed by atoms with Crippen LogP contribution in [0.15, 0.2) is 29.3 Å². The van der Waals surface area contributed by atoms with Crippen molar-refractivity contribution in [1.82, 2.24) is 10.3 Å². The summed E-state index contributed by atoms with van der Waals surface area (Å²) in [6.07, 6.45) is 0.933. The van der Waals surface area contributed by atoms with Gasteiger partial charge < -0.3 is 22.5 Å². The largest absolute Gasteiger partial charge is 0.370 e. The molecule has 9 heteroatoms. The Morgan fingerprint density at radius 3 is 2.68 bits per heavy atom. The molecule has 2 rings (SSSR count). The van der Waals surface area contributed by atoms with Gasteiger partial charge in [-0.3, -0.25) is 14.6 Å². The van der Waals surface area contributed by atoms with Gasteiger partial charge >= 0.3 is 0 Å². The third kappa shape index (κ3) is 5.23. The van der Waals surface area contributed by atoms with Gasteiger partial charge in [0.2, 0.25) is 11.7 Å². The summed E-state index contributed by atoms with van der Waals surface area (Å²) >= 11 is 1.30. The Balaban J connectivity index is 2.15. The fourth-order valence-corrected chi connectivity index (χ4v) is 3.16. The molecule has 1 heterocycles. The Bertz CT molecular complexity index is 749. The Morgan fingerprint density at radius 2 is 2.04 bits per heavy atom. The average Bonchev–Trinajstić information content (AvgIpc) is 3.00. The van der Waals surface area contributed by atoms with E-state index in [0.717, 1.165) is 10.2 Å². The van der Waals surface area contributed by atoms with Gasteiger partial charge in [0.05, 0.1) is 22.3 Å². The zero-order chi connectivity index (χ0) is 18.4. The van der Waals surface area contributed by atoms with Crippen LogP contribution in [-0.4, -0.2) is 41.3 Å². The van der Waals surface area contributed by atoms with Crippen molar-refractivity contribution in [1.29, 1.82) is 0 Å². The summed E-state index contributed by atoms with van der Waals surface area (Å²) in [5, 5.41) is 3.05. The maximum absolute atomic E-state index is 12.8. The summed E-state index contributed by atoms with van der Waals surface area (Å²) in [6.45, 7) is 1.94. The van der Waals surface area contributed by atoms with E-state index in [0.29, 0.717) is 24.4 Å². The fourth-order valence-electron chi connectivity index (χ4n) is 2.20. The van der Waals surface area contributed by atoms with Crippen molar-refractivity contribution in [2.45, 2.75) is 31.8 Å². The summed E-state index contributed by atoms with van der Waals surface area (Å²) in [7, 11) is 0. The first-order chi connectivity index (χ1) is 11.9. The molecule has 0 spiro atoms. The summed E-state index contributed by atoms with van der Waals surface area (Å²) in [5.41, 5.74) is 16.9. The minimum Gasteiger partial charge on any atom is -0.370 e. The van der Waals surface area contributed by atoms with Crippen molar-refractivity contribution in [2.24, 2.45) is 22.2 Å². The van der Waals surface area contributed by atoms with Crippen LogP contribution in [0.25, 0.3) is 10.2 Å². The summed E-state index contributed by atoms with van der Waals surface area (Å²) in [6, 6.07) is 6.08. The fraction of sp³-hybridized carbons (Fsp3) is 0.375. The van der Waals surface area contributed by atoms with Crippen LogP contribution in [0.4, 0.5) is 0 Å². The van der Waals surface area contributed by atoms with E-state index in [4.69, 9.17) is 17.2 Å².